The van der Waals surface area contributed by atoms with Gasteiger partial charge in [0.05, 0.1) is 12.3 Å². The molecular weight excluding hydrogens is 366 g/mol. The van der Waals surface area contributed by atoms with Crippen molar-refractivity contribution in [2.75, 3.05) is 11.9 Å². The van der Waals surface area contributed by atoms with E-state index in [0.29, 0.717) is 41.2 Å². The summed E-state index contributed by atoms with van der Waals surface area (Å²) in [6, 6.07) is 14.5. The Morgan fingerprint density at radius 3 is 2.74 bits per heavy atom. The van der Waals surface area contributed by atoms with Crippen molar-refractivity contribution in [3.63, 3.8) is 0 Å². The number of nitrogens with zero attached hydrogens (tertiary/aromatic N) is 2. The lowest BCUT2D eigenvalue weighted by molar-refractivity contribution is -0.116. The topological polar surface area (TPSA) is 77.2 Å². The molecule has 0 spiro atoms. The molecule has 0 aliphatic rings. The van der Waals surface area contributed by atoms with Crippen LogP contribution in [0.1, 0.15) is 25.7 Å². The summed E-state index contributed by atoms with van der Waals surface area (Å²) < 4.78 is 10.9. The second-order valence-electron chi connectivity index (χ2n) is 5.91. The third kappa shape index (κ3) is 5.31. The Balaban J connectivity index is 1.56. The number of aromatic nitrogens is 2. The summed E-state index contributed by atoms with van der Waals surface area (Å²) in [4.78, 5) is 16.6. The van der Waals surface area contributed by atoms with Gasteiger partial charge in [0.2, 0.25) is 17.6 Å². The lowest BCUT2D eigenvalue weighted by atomic mass is 10.2. The molecule has 1 amide bonds. The van der Waals surface area contributed by atoms with Crippen molar-refractivity contribution in [2.24, 2.45) is 0 Å². The van der Waals surface area contributed by atoms with Gasteiger partial charge in [0.15, 0.2) is 0 Å². The van der Waals surface area contributed by atoms with Gasteiger partial charge in [0.1, 0.15) is 5.75 Å². The van der Waals surface area contributed by atoms with Gasteiger partial charge >= 0.3 is 0 Å². The lowest BCUT2D eigenvalue weighted by Crippen LogP contribution is -2.13. The minimum absolute atomic E-state index is 0.145. The molecule has 0 unspecified atom stereocenters. The average molecular weight is 386 g/mol. The summed E-state index contributed by atoms with van der Waals surface area (Å²) in [5, 5.41) is 7.45. The third-order valence-electron chi connectivity index (χ3n) is 3.76. The van der Waals surface area contributed by atoms with E-state index >= 15 is 0 Å². The van der Waals surface area contributed by atoms with Crippen LogP contribution in [-0.4, -0.2) is 22.7 Å². The molecule has 2 aromatic carbocycles. The fraction of sp³-hybridized carbons (Fsp3) is 0.250. The fourth-order valence-electron chi connectivity index (χ4n) is 2.41. The van der Waals surface area contributed by atoms with E-state index in [-0.39, 0.29) is 12.3 Å². The first-order valence-electron chi connectivity index (χ1n) is 8.76. The van der Waals surface area contributed by atoms with E-state index in [1.807, 2.05) is 43.3 Å². The van der Waals surface area contributed by atoms with Gasteiger partial charge in [-0.15, -0.1) is 0 Å². The molecule has 0 aliphatic carbocycles. The highest BCUT2D eigenvalue weighted by molar-refractivity contribution is 6.30. The van der Waals surface area contributed by atoms with E-state index in [0.717, 1.165) is 12.0 Å². The second kappa shape index (κ2) is 9.19. The monoisotopic (exact) mass is 385 g/mol. The van der Waals surface area contributed by atoms with Gasteiger partial charge in [-0.25, -0.2) is 0 Å². The number of carbonyl (C=O) groups excluding carboxylic acids is 1. The molecule has 0 saturated heterocycles. The Morgan fingerprint density at radius 1 is 1.19 bits per heavy atom. The summed E-state index contributed by atoms with van der Waals surface area (Å²) in [7, 11) is 0. The molecule has 3 rings (SSSR count). The third-order valence-corrected chi connectivity index (χ3v) is 4.01. The number of anilines is 1. The average Bonchev–Trinajstić information content (AvgIpc) is 3.15. The molecule has 0 saturated carbocycles. The van der Waals surface area contributed by atoms with Gasteiger partial charge < -0.3 is 14.6 Å². The molecule has 0 atom stereocenters. The second-order valence-corrected chi connectivity index (χ2v) is 6.35. The molecule has 1 heterocycles. The van der Waals surface area contributed by atoms with Crippen LogP contribution < -0.4 is 10.1 Å². The number of rotatable bonds is 8. The van der Waals surface area contributed by atoms with E-state index in [9.17, 15) is 4.79 Å². The number of hydrogen-bond donors (Lipinski definition) is 1. The highest BCUT2D eigenvalue weighted by Gasteiger charge is 2.12. The largest absolute Gasteiger partial charge is 0.491 e. The van der Waals surface area contributed by atoms with Crippen LogP contribution in [0.3, 0.4) is 0 Å². The van der Waals surface area contributed by atoms with Crippen molar-refractivity contribution in [3.8, 4) is 17.1 Å². The Bertz CT molecular complexity index is 893. The Hall–Kier alpha value is -2.86. The highest BCUT2D eigenvalue weighted by atomic mass is 35.5. The standard InChI is InChI=1S/C20H20ClN3O3/c1-2-13-26-17-6-4-3-5-16(17)22-18(25)11-12-19-23-20(24-27-19)14-7-9-15(21)10-8-14/h3-10H,2,11-13H2,1H3,(H,22,25). The van der Waals surface area contributed by atoms with Crippen LogP contribution in [-0.2, 0) is 11.2 Å². The van der Waals surface area contributed by atoms with Gasteiger partial charge in [-0.2, -0.15) is 4.98 Å². The van der Waals surface area contributed by atoms with E-state index in [2.05, 4.69) is 15.5 Å². The summed E-state index contributed by atoms with van der Waals surface area (Å²) >= 11 is 5.88. The van der Waals surface area contributed by atoms with Crippen LogP contribution in [0, 0.1) is 0 Å². The van der Waals surface area contributed by atoms with Crippen molar-refractivity contribution in [1.29, 1.82) is 0 Å². The van der Waals surface area contributed by atoms with Gasteiger partial charge in [-0.1, -0.05) is 35.8 Å². The summed E-state index contributed by atoms with van der Waals surface area (Å²) in [6.45, 7) is 2.63. The molecule has 0 bridgehead atoms. The van der Waals surface area contributed by atoms with Crippen LogP contribution in [0.15, 0.2) is 53.1 Å². The van der Waals surface area contributed by atoms with Gasteiger partial charge in [0, 0.05) is 23.4 Å². The molecule has 27 heavy (non-hydrogen) atoms. The molecule has 0 aliphatic heterocycles. The maximum absolute atomic E-state index is 12.3. The van der Waals surface area contributed by atoms with Crippen molar-refractivity contribution in [1.82, 2.24) is 10.1 Å². The number of benzene rings is 2. The number of halogens is 1. The zero-order valence-electron chi connectivity index (χ0n) is 14.9. The normalized spacial score (nSPS) is 10.6. The molecule has 0 radical (unpaired) electrons. The molecule has 3 aromatic rings. The van der Waals surface area contributed by atoms with Crippen molar-refractivity contribution >= 4 is 23.2 Å². The van der Waals surface area contributed by atoms with Gasteiger partial charge in [-0.3, -0.25) is 4.79 Å². The quantitative estimate of drug-likeness (QED) is 0.605. The van der Waals surface area contributed by atoms with E-state index < -0.39 is 0 Å². The zero-order chi connectivity index (χ0) is 19.1. The number of hydrogen-bond acceptors (Lipinski definition) is 5. The zero-order valence-corrected chi connectivity index (χ0v) is 15.7. The van der Waals surface area contributed by atoms with Crippen molar-refractivity contribution in [3.05, 3.63) is 59.4 Å². The maximum atomic E-state index is 12.3. The summed E-state index contributed by atoms with van der Waals surface area (Å²) in [6.07, 6.45) is 1.48. The Morgan fingerprint density at radius 2 is 1.96 bits per heavy atom. The van der Waals surface area contributed by atoms with Crippen molar-refractivity contribution in [2.45, 2.75) is 26.2 Å². The number of amides is 1. The minimum Gasteiger partial charge on any atom is -0.491 e. The smallest absolute Gasteiger partial charge is 0.227 e. The molecule has 1 N–H and O–H groups in total. The van der Waals surface area contributed by atoms with Crippen LogP contribution in [0.5, 0.6) is 5.75 Å². The van der Waals surface area contributed by atoms with Crippen LogP contribution >= 0.6 is 11.6 Å². The highest BCUT2D eigenvalue weighted by Crippen LogP contribution is 2.24. The number of aryl methyl sites for hydroxylation is 1. The molecule has 6 nitrogen and oxygen atoms in total. The van der Waals surface area contributed by atoms with Crippen LogP contribution in [0.4, 0.5) is 5.69 Å². The number of para-hydroxylation sites is 2. The first-order valence-corrected chi connectivity index (χ1v) is 9.13. The lowest BCUT2D eigenvalue weighted by Gasteiger charge is -2.11. The van der Waals surface area contributed by atoms with Gasteiger partial charge in [0.25, 0.3) is 0 Å². The van der Waals surface area contributed by atoms with Crippen LogP contribution in [0.2, 0.25) is 5.02 Å². The molecule has 1 aromatic heterocycles. The SMILES string of the molecule is CCCOc1ccccc1NC(=O)CCc1nc(-c2ccc(Cl)cc2)no1. The van der Waals surface area contributed by atoms with Crippen LogP contribution in [0.25, 0.3) is 11.4 Å². The fourth-order valence-corrected chi connectivity index (χ4v) is 2.54. The maximum Gasteiger partial charge on any atom is 0.227 e. The summed E-state index contributed by atoms with van der Waals surface area (Å²) in [5.74, 6) is 1.40. The minimum atomic E-state index is -0.145. The predicted molar refractivity (Wildman–Crippen MR) is 104 cm³/mol. The molecule has 140 valence electrons. The summed E-state index contributed by atoms with van der Waals surface area (Å²) in [5.41, 5.74) is 1.46. The molecular formula is C20H20ClN3O3. The molecule has 7 heteroatoms. The number of nitrogens with one attached hydrogen (secondary N) is 1. The number of carbonyl (C=O) groups is 1. The predicted octanol–water partition coefficient (Wildman–Crippen LogP) is 4.75. The molecule has 0 fully saturated rings. The van der Waals surface area contributed by atoms with E-state index in [1.54, 1.807) is 12.1 Å². The van der Waals surface area contributed by atoms with E-state index in [1.165, 1.54) is 0 Å². The Kier molecular flexibility index (Phi) is 6.44. The first kappa shape index (κ1) is 18.9. The first-order chi connectivity index (χ1) is 13.2. The van der Waals surface area contributed by atoms with Gasteiger partial charge in [-0.05, 0) is 42.8 Å². The van der Waals surface area contributed by atoms with E-state index in [4.69, 9.17) is 20.9 Å². The number of ether oxygens (including phenoxy) is 1. The van der Waals surface area contributed by atoms with Crippen molar-refractivity contribution < 1.29 is 14.1 Å². The Labute approximate surface area is 162 Å².